The molecule has 0 radical (unpaired) electrons. The first-order valence-electron chi connectivity index (χ1n) is 9.98. The van der Waals surface area contributed by atoms with Gasteiger partial charge in [-0.2, -0.15) is 0 Å². The van der Waals surface area contributed by atoms with Crippen molar-refractivity contribution in [2.24, 2.45) is 0 Å². The minimum absolute atomic E-state index is 0.0905. The lowest BCUT2D eigenvalue weighted by Gasteiger charge is -2.06. The summed E-state index contributed by atoms with van der Waals surface area (Å²) in [5, 5.41) is 10.3. The highest BCUT2D eigenvalue weighted by Crippen LogP contribution is 2.36. The number of nitrogens with zero attached hydrogens (tertiary/aromatic N) is 2. The van der Waals surface area contributed by atoms with Gasteiger partial charge in [0.25, 0.3) is 0 Å². The molecule has 0 fully saturated rings. The summed E-state index contributed by atoms with van der Waals surface area (Å²) in [5.41, 5.74) is 1.39. The maximum absolute atomic E-state index is 12.9. The molecule has 2 N–H and O–H groups in total. The van der Waals surface area contributed by atoms with E-state index in [4.69, 9.17) is 13.6 Å². The Morgan fingerprint density at radius 3 is 2.67 bits per heavy atom. The maximum Gasteiger partial charge on any atom is 0.347 e. The van der Waals surface area contributed by atoms with Crippen molar-refractivity contribution in [3.8, 4) is 17.1 Å². The quantitative estimate of drug-likeness (QED) is 0.332. The molecule has 0 saturated carbocycles. The average molecular weight is 509 g/mol. The van der Waals surface area contributed by atoms with Gasteiger partial charge in [-0.15, -0.1) is 5.10 Å². The Labute approximate surface area is 194 Å². The van der Waals surface area contributed by atoms with E-state index in [1.807, 2.05) is 24.3 Å². The number of aromatic nitrogens is 3. The van der Waals surface area contributed by atoms with Gasteiger partial charge >= 0.3 is 5.63 Å². The third-order valence-corrected chi connectivity index (χ3v) is 5.55. The van der Waals surface area contributed by atoms with Crippen molar-refractivity contribution in [3.05, 3.63) is 75.1 Å². The topological polar surface area (TPSA) is 123 Å². The molecule has 166 valence electrons. The van der Waals surface area contributed by atoms with Gasteiger partial charge < -0.3 is 18.9 Å². The van der Waals surface area contributed by atoms with Crippen molar-refractivity contribution in [1.29, 1.82) is 0 Å². The number of halogens is 1. The van der Waals surface area contributed by atoms with Crippen molar-refractivity contribution >= 4 is 43.8 Å². The second-order valence-electron chi connectivity index (χ2n) is 7.23. The molecule has 3 heterocycles. The number of nitrogens with one attached hydrogen (secondary N) is 2. The Bertz CT molecular complexity index is 1530. The molecule has 5 rings (SSSR count). The molecule has 0 bridgehead atoms. The van der Waals surface area contributed by atoms with Gasteiger partial charge in [0.1, 0.15) is 28.3 Å². The molecule has 0 atom stereocenters. The van der Waals surface area contributed by atoms with Crippen LogP contribution >= 0.6 is 15.9 Å². The normalized spacial score (nSPS) is 11.2. The number of carbonyl (C=O) groups is 1. The molecule has 0 unspecified atom stereocenters. The first-order chi connectivity index (χ1) is 16.0. The predicted molar refractivity (Wildman–Crippen MR) is 124 cm³/mol. The molecular weight excluding hydrogens is 492 g/mol. The highest BCUT2D eigenvalue weighted by Gasteiger charge is 2.24. The van der Waals surface area contributed by atoms with Crippen LogP contribution < -0.4 is 15.7 Å². The SMILES string of the molecule is COc1ccc(-c2oc3c(c2CC(=O)NCc2nc(Br)n[nH]2)c(=O)oc2ccccc23)cc1. The Kier molecular flexibility index (Phi) is 5.43. The average Bonchev–Trinajstić information content (AvgIpc) is 3.42. The zero-order chi connectivity index (χ0) is 22.9. The predicted octanol–water partition coefficient (Wildman–Crippen LogP) is 3.95. The minimum Gasteiger partial charge on any atom is -0.497 e. The molecule has 0 aliphatic carbocycles. The molecule has 1 amide bonds. The Balaban J connectivity index is 1.60. The van der Waals surface area contributed by atoms with Crippen LogP contribution in [0.15, 0.2) is 66.9 Å². The lowest BCUT2D eigenvalue weighted by atomic mass is 10.0. The Hall–Kier alpha value is -3.92. The van der Waals surface area contributed by atoms with Crippen LogP contribution in [-0.4, -0.2) is 28.2 Å². The number of para-hydroxylation sites is 1. The highest BCUT2D eigenvalue weighted by atomic mass is 79.9. The number of furan rings is 1. The number of benzene rings is 2. The van der Waals surface area contributed by atoms with Gasteiger partial charge in [-0.25, -0.2) is 9.78 Å². The molecule has 2 aromatic carbocycles. The van der Waals surface area contributed by atoms with E-state index in [2.05, 4.69) is 36.4 Å². The van der Waals surface area contributed by atoms with Crippen molar-refractivity contribution in [3.63, 3.8) is 0 Å². The van der Waals surface area contributed by atoms with E-state index in [9.17, 15) is 9.59 Å². The van der Waals surface area contributed by atoms with E-state index < -0.39 is 5.63 Å². The van der Waals surface area contributed by atoms with Gasteiger partial charge in [0.05, 0.1) is 25.5 Å². The van der Waals surface area contributed by atoms with E-state index in [1.54, 1.807) is 31.4 Å². The zero-order valence-corrected chi connectivity index (χ0v) is 18.9. The molecule has 10 heteroatoms. The van der Waals surface area contributed by atoms with Gasteiger partial charge in [0.15, 0.2) is 5.58 Å². The van der Waals surface area contributed by atoms with Crippen LogP contribution in [0.2, 0.25) is 0 Å². The molecule has 9 nitrogen and oxygen atoms in total. The molecule has 0 aliphatic heterocycles. The molecular formula is C23H17BrN4O5. The number of methoxy groups -OCH3 is 1. The van der Waals surface area contributed by atoms with E-state index in [-0.39, 0.29) is 24.3 Å². The summed E-state index contributed by atoms with van der Waals surface area (Å²) in [6.45, 7) is 0.155. The third-order valence-electron chi connectivity index (χ3n) is 5.19. The summed E-state index contributed by atoms with van der Waals surface area (Å²) < 4.78 is 17.4. The molecule has 0 saturated heterocycles. The summed E-state index contributed by atoms with van der Waals surface area (Å²) in [6, 6.07) is 14.3. The highest BCUT2D eigenvalue weighted by molar-refractivity contribution is 9.10. The Morgan fingerprint density at radius 2 is 1.94 bits per heavy atom. The van der Waals surface area contributed by atoms with Gasteiger partial charge in [0.2, 0.25) is 10.6 Å². The third kappa shape index (κ3) is 4.00. The van der Waals surface area contributed by atoms with Crippen LogP contribution in [0.5, 0.6) is 5.75 Å². The summed E-state index contributed by atoms with van der Waals surface area (Å²) in [5.74, 6) is 1.28. The summed E-state index contributed by atoms with van der Waals surface area (Å²) in [6.07, 6.45) is -0.0905. The van der Waals surface area contributed by atoms with Crippen molar-refractivity contribution in [1.82, 2.24) is 20.5 Å². The second kappa shape index (κ2) is 8.55. The van der Waals surface area contributed by atoms with Crippen molar-refractivity contribution in [2.45, 2.75) is 13.0 Å². The first kappa shape index (κ1) is 21.0. The fraction of sp³-hybridized carbons (Fsp3) is 0.130. The van der Waals surface area contributed by atoms with E-state index in [0.29, 0.717) is 49.7 Å². The molecule has 5 aromatic rings. The summed E-state index contributed by atoms with van der Waals surface area (Å²) >= 11 is 3.16. The summed E-state index contributed by atoms with van der Waals surface area (Å²) in [7, 11) is 1.58. The van der Waals surface area contributed by atoms with Crippen LogP contribution in [0.1, 0.15) is 11.4 Å². The van der Waals surface area contributed by atoms with Gasteiger partial charge in [-0.3, -0.25) is 9.89 Å². The minimum atomic E-state index is -0.561. The van der Waals surface area contributed by atoms with Gasteiger partial charge in [-0.05, 0) is 52.3 Å². The summed E-state index contributed by atoms with van der Waals surface area (Å²) in [4.78, 5) is 29.8. The van der Waals surface area contributed by atoms with Gasteiger partial charge in [0, 0.05) is 11.1 Å². The number of carbonyl (C=O) groups excluding carboxylic acids is 1. The number of fused-ring (bicyclic) bond motifs is 3. The second-order valence-corrected chi connectivity index (χ2v) is 7.94. The van der Waals surface area contributed by atoms with Crippen molar-refractivity contribution in [2.75, 3.05) is 7.11 Å². The molecule has 33 heavy (non-hydrogen) atoms. The fourth-order valence-electron chi connectivity index (χ4n) is 3.67. The van der Waals surface area contributed by atoms with Crippen LogP contribution in [-0.2, 0) is 17.8 Å². The molecule has 3 aromatic heterocycles. The van der Waals surface area contributed by atoms with E-state index in [1.165, 1.54) is 0 Å². The van der Waals surface area contributed by atoms with Gasteiger partial charge in [-0.1, -0.05) is 12.1 Å². The number of rotatable bonds is 6. The molecule has 0 aliphatic rings. The largest absolute Gasteiger partial charge is 0.497 e. The zero-order valence-electron chi connectivity index (χ0n) is 17.3. The van der Waals surface area contributed by atoms with E-state index >= 15 is 0 Å². The number of amides is 1. The number of aromatic amines is 1. The number of hydrogen-bond acceptors (Lipinski definition) is 7. The van der Waals surface area contributed by atoms with E-state index in [0.717, 1.165) is 0 Å². The lowest BCUT2D eigenvalue weighted by molar-refractivity contribution is -0.120. The Morgan fingerprint density at radius 1 is 1.15 bits per heavy atom. The first-order valence-corrected chi connectivity index (χ1v) is 10.8. The number of H-pyrrole nitrogens is 1. The monoisotopic (exact) mass is 508 g/mol. The van der Waals surface area contributed by atoms with Crippen LogP contribution in [0.4, 0.5) is 0 Å². The number of ether oxygens (including phenoxy) is 1. The van der Waals surface area contributed by atoms with Crippen LogP contribution in [0.25, 0.3) is 33.3 Å². The van der Waals surface area contributed by atoms with Crippen molar-refractivity contribution < 1.29 is 18.4 Å². The molecule has 0 spiro atoms. The van der Waals surface area contributed by atoms with Crippen LogP contribution in [0.3, 0.4) is 0 Å². The number of hydrogen-bond donors (Lipinski definition) is 2. The van der Waals surface area contributed by atoms with Crippen LogP contribution in [0, 0.1) is 0 Å². The standard InChI is InChI=1S/C23H17BrN4O5/c1-31-13-8-6-12(7-9-13)20-15(10-18(29)25-11-17-26-23(24)28-27-17)19-21(33-20)14-4-2-3-5-16(14)32-22(19)30/h2-9H,10-11H2,1H3,(H,25,29)(H,26,27,28). The fourth-order valence-corrected chi connectivity index (χ4v) is 3.97. The maximum atomic E-state index is 12.9. The lowest BCUT2D eigenvalue weighted by Crippen LogP contribution is -2.25. The smallest absolute Gasteiger partial charge is 0.347 e.